The van der Waals surface area contributed by atoms with Gasteiger partial charge in [0.15, 0.2) is 0 Å². The Bertz CT molecular complexity index is 434. The van der Waals surface area contributed by atoms with Crippen LogP contribution in [0.5, 0.6) is 0 Å². The van der Waals surface area contributed by atoms with Crippen LogP contribution in [-0.4, -0.2) is 42.4 Å². The van der Waals surface area contributed by atoms with Gasteiger partial charge in [0.25, 0.3) is 0 Å². The second-order valence-corrected chi connectivity index (χ2v) is 7.33. The van der Waals surface area contributed by atoms with Gasteiger partial charge in [-0.1, -0.05) is 24.3 Å². The Kier molecular flexibility index (Phi) is 6.42. The quantitative estimate of drug-likeness (QED) is 0.839. The number of ether oxygens (including phenoxy) is 1. The fourth-order valence-electron chi connectivity index (χ4n) is 3.19. The molecule has 22 heavy (non-hydrogen) atoms. The van der Waals surface area contributed by atoms with E-state index in [-0.39, 0.29) is 0 Å². The van der Waals surface area contributed by atoms with Crippen molar-refractivity contribution < 1.29 is 9.84 Å². The molecule has 1 N–H and O–H groups in total. The van der Waals surface area contributed by atoms with Crippen LogP contribution >= 0.6 is 0 Å². The molecule has 1 aliphatic rings. The fraction of sp³-hybridized carbons (Fsp3) is 0.684. The monoisotopic (exact) mass is 305 g/mol. The van der Waals surface area contributed by atoms with Crippen LogP contribution < -0.4 is 0 Å². The van der Waals surface area contributed by atoms with Crippen LogP contribution in [0.25, 0.3) is 0 Å². The lowest BCUT2D eigenvalue weighted by Gasteiger charge is -2.32. The van der Waals surface area contributed by atoms with E-state index in [9.17, 15) is 5.11 Å². The molecule has 0 aromatic heterocycles. The highest BCUT2D eigenvalue weighted by Crippen LogP contribution is 2.19. The van der Waals surface area contributed by atoms with Crippen LogP contribution in [-0.2, 0) is 17.7 Å². The molecular formula is C19H31NO2. The predicted octanol–water partition coefficient (Wildman–Crippen LogP) is 3.25. The van der Waals surface area contributed by atoms with E-state index in [1.807, 2.05) is 13.8 Å². The van der Waals surface area contributed by atoms with Crippen molar-refractivity contribution >= 4 is 0 Å². The first-order valence-electron chi connectivity index (χ1n) is 8.48. The van der Waals surface area contributed by atoms with Crippen LogP contribution in [0.1, 0.15) is 44.2 Å². The molecule has 1 aromatic carbocycles. The van der Waals surface area contributed by atoms with E-state index in [0.29, 0.717) is 5.92 Å². The standard InChI is InChI=1S/C19H31NO2/c1-19(2,21)11-10-16-6-8-17(9-7-16)13-20-12-4-5-18(14-20)15-22-3/h6-9,18,21H,4-5,10-15H2,1-3H3/t18-/m0/s1. The van der Waals surface area contributed by atoms with Gasteiger partial charge in [0, 0.05) is 20.2 Å². The van der Waals surface area contributed by atoms with E-state index in [2.05, 4.69) is 29.2 Å². The first-order chi connectivity index (χ1) is 10.5. The molecule has 1 fully saturated rings. The van der Waals surface area contributed by atoms with Crippen LogP contribution in [0.3, 0.4) is 0 Å². The van der Waals surface area contributed by atoms with Crippen molar-refractivity contribution in [2.45, 2.75) is 51.7 Å². The molecule has 124 valence electrons. The molecule has 2 rings (SSSR count). The van der Waals surface area contributed by atoms with Crippen LogP contribution in [0, 0.1) is 5.92 Å². The molecule has 1 aliphatic heterocycles. The molecule has 0 radical (unpaired) electrons. The van der Waals surface area contributed by atoms with Crippen molar-refractivity contribution in [3.8, 4) is 0 Å². The number of hydrogen-bond donors (Lipinski definition) is 1. The average molecular weight is 305 g/mol. The molecule has 3 heteroatoms. The zero-order valence-corrected chi connectivity index (χ0v) is 14.3. The summed E-state index contributed by atoms with van der Waals surface area (Å²) in [6.07, 6.45) is 4.30. The predicted molar refractivity (Wildman–Crippen MR) is 90.9 cm³/mol. The third-order valence-electron chi connectivity index (χ3n) is 4.46. The second kappa shape index (κ2) is 8.09. The SMILES string of the molecule is COC[C@H]1CCCN(Cc2ccc(CCC(C)(C)O)cc2)C1. The van der Waals surface area contributed by atoms with Gasteiger partial charge in [0.05, 0.1) is 12.2 Å². The van der Waals surface area contributed by atoms with E-state index in [4.69, 9.17) is 4.74 Å². The van der Waals surface area contributed by atoms with Crippen LogP contribution in [0.4, 0.5) is 0 Å². The minimum Gasteiger partial charge on any atom is -0.390 e. The molecule has 0 unspecified atom stereocenters. The molecule has 1 heterocycles. The second-order valence-electron chi connectivity index (χ2n) is 7.33. The van der Waals surface area contributed by atoms with Gasteiger partial charge in [-0.15, -0.1) is 0 Å². The Morgan fingerprint density at radius 3 is 2.55 bits per heavy atom. The molecule has 0 spiro atoms. The van der Waals surface area contributed by atoms with Crippen molar-refractivity contribution in [3.05, 3.63) is 35.4 Å². The molecule has 3 nitrogen and oxygen atoms in total. The Morgan fingerprint density at radius 2 is 1.91 bits per heavy atom. The normalized spacial score (nSPS) is 20.3. The van der Waals surface area contributed by atoms with Gasteiger partial charge in [0.1, 0.15) is 0 Å². The summed E-state index contributed by atoms with van der Waals surface area (Å²) in [5.74, 6) is 0.685. The molecular weight excluding hydrogens is 274 g/mol. The summed E-state index contributed by atoms with van der Waals surface area (Å²) >= 11 is 0. The summed E-state index contributed by atoms with van der Waals surface area (Å²) in [6.45, 7) is 8.00. The smallest absolute Gasteiger partial charge is 0.0594 e. The summed E-state index contributed by atoms with van der Waals surface area (Å²) in [5.41, 5.74) is 2.11. The number of aliphatic hydroxyl groups is 1. The van der Waals surface area contributed by atoms with Crippen LogP contribution in [0.15, 0.2) is 24.3 Å². The minimum atomic E-state index is -0.581. The first-order valence-corrected chi connectivity index (χ1v) is 8.48. The topological polar surface area (TPSA) is 32.7 Å². The van der Waals surface area contributed by atoms with Gasteiger partial charge in [-0.2, -0.15) is 0 Å². The number of rotatable bonds is 7. The van der Waals surface area contributed by atoms with E-state index in [1.54, 1.807) is 7.11 Å². The summed E-state index contributed by atoms with van der Waals surface area (Å²) < 4.78 is 5.30. The Balaban J connectivity index is 1.83. The molecule has 0 saturated carbocycles. The summed E-state index contributed by atoms with van der Waals surface area (Å²) in [4.78, 5) is 2.54. The Labute approximate surface area is 135 Å². The number of methoxy groups -OCH3 is 1. The van der Waals surface area contributed by atoms with E-state index in [0.717, 1.165) is 32.5 Å². The van der Waals surface area contributed by atoms with Gasteiger partial charge in [-0.25, -0.2) is 0 Å². The maximum atomic E-state index is 9.80. The molecule has 1 atom stereocenters. The Hall–Kier alpha value is -0.900. The molecule has 0 aliphatic carbocycles. The van der Waals surface area contributed by atoms with Gasteiger partial charge in [-0.3, -0.25) is 4.90 Å². The van der Waals surface area contributed by atoms with Crippen molar-refractivity contribution in [1.82, 2.24) is 4.90 Å². The Morgan fingerprint density at radius 1 is 1.23 bits per heavy atom. The zero-order chi connectivity index (χ0) is 16.0. The molecule has 0 bridgehead atoms. The number of hydrogen-bond acceptors (Lipinski definition) is 3. The van der Waals surface area contributed by atoms with Gasteiger partial charge in [-0.05, 0) is 63.1 Å². The lowest BCUT2D eigenvalue weighted by molar-refractivity contribution is 0.0714. The zero-order valence-electron chi connectivity index (χ0n) is 14.3. The molecule has 1 saturated heterocycles. The highest BCUT2D eigenvalue weighted by atomic mass is 16.5. The summed E-state index contributed by atoms with van der Waals surface area (Å²) in [6, 6.07) is 8.88. The third kappa shape index (κ3) is 6.07. The summed E-state index contributed by atoms with van der Waals surface area (Å²) in [5, 5.41) is 9.80. The highest BCUT2D eigenvalue weighted by Gasteiger charge is 2.19. The van der Waals surface area contributed by atoms with Gasteiger partial charge < -0.3 is 9.84 Å². The van der Waals surface area contributed by atoms with Gasteiger partial charge >= 0.3 is 0 Å². The van der Waals surface area contributed by atoms with E-state index >= 15 is 0 Å². The highest BCUT2D eigenvalue weighted by molar-refractivity contribution is 5.22. The van der Waals surface area contributed by atoms with Gasteiger partial charge in [0.2, 0.25) is 0 Å². The van der Waals surface area contributed by atoms with Crippen molar-refractivity contribution in [1.29, 1.82) is 0 Å². The molecule has 0 amide bonds. The number of benzene rings is 1. The fourth-order valence-corrected chi connectivity index (χ4v) is 3.19. The third-order valence-corrected chi connectivity index (χ3v) is 4.46. The average Bonchev–Trinajstić information content (AvgIpc) is 2.46. The maximum Gasteiger partial charge on any atom is 0.0594 e. The molecule has 1 aromatic rings. The number of aryl methyl sites for hydroxylation is 1. The lowest BCUT2D eigenvalue weighted by atomic mass is 9.97. The number of likely N-dealkylation sites (tertiary alicyclic amines) is 1. The first kappa shape index (κ1) is 17.5. The maximum absolute atomic E-state index is 9.80. The minimum absolute atomic E-state index is 0.581. The van der Waals surface area contributed by atoms with Crippen molar-refractivity contribution in [3.63, 3.8) is 0 Å². The largest absolute Gasteiger partial charge is 0.390 e. The number of nitrogens with zero attached hydrogens (tertiary/aromatic N) is 1. The van der Waals surface area contributed by atoms with E-state index < -0.39 is 5.60 Å². The van der Waals surface area contributed by atoms with E-state index in [1.165, 1.54) is 30.5 Å². The summed E-state index contributed by atoms with van der Waals surface area (Å²) in [7, 11) is 1.80. The number of piperidine rings is 1. The van der Waals surface area contributed by atoms with Crippen molar-refractivity contribution in [2.75, 3.05) is 26.8 Å². The van der Waals surface area contributed by atoms with Crippen LogP contribution in [0.2, 0.25) is 0 Å². The lowest BCUT2D eigenvalue weighted by Crippen LogP contribution is -2.36. The van der Waals surface area contributed by atoms with Crippen molar-refractivity contribution in [2.24, 2.45) is 5.92 Å².